The largest absolute Gasteiger partial charge is 0.496 e. The first-order valence-electron chi connectivity index (χ1n) is 5.53. The smallest absolute Gasteiger partial charge is 0.192 e. The fourth-order valence-corrected chi connectivity index (χ4v) is 1.89. The molecule has 0 aliphatic rings. The number of likely N-dealkylation sites (N-methyl/N-ethyl adjacent to an activating group) is 1. The van der Waals surface area contributed by atoms with Crippen LogP contribution in [0.4, 0.5) is 0 Å². The Morgan fingerprint density at radius 1 is 1.41 bits per heavy atom. The van der Waals surface area contributed by atoms with E-state index >= 15 is 0 Å². The number of hydrogen-bond acceptors (Lipinski definition) is 4. The number of aryl methyl sites for hydroxylation is 2. The number of benzene rings is 1. The molecule has 0 aromatic heterocycles. The van der Waals surface area contributed by atoms with Crippen LogP contribution in [0.2, 0.25) is 0 Å². The maximum Gasteiger partial charge on any atom is 0.192 e. The van der Waals surface area contributed by atoms with Gasteiger partial charge in [0.05, 0.1) is 7.11 Å². The van der Waals surface area contributed by atoms with Crippen molar-refractivity contribution in [3.8, 4) is 5.75 Å². The number of ether oxygens (including phenoxy) is 1. The van der Waals surface area contributed by atoms with E-state index < -0.39 is 6.10 Å². The van der Waals surface area contributed by atoms with E-state index in [-0.39, 0.29) is 12.3 Å². The molecule has 4 nitrogen and oxygen atoms in total. The van der Waals surface area contributed by atoms with Crippen molar-refractivity contribution in [3.05, 3.63) is 28.8 Å². The number of carbonyl (C=O) groups excluding carboxylic acids is 1. The summed E-state index contributed by atoms with van der Waals surface area (Å²) in [6.07, 6.45) is -1.01. The maximum absolute atomic E-state index is 11.9. The van der Waals surface area contributed by atoms with Gasteiger partial charge in [0.15, 0.2) is 5.78 Å². The molecule has 1 aromatic carbocycles. The SMILES string of the molecule is CNCC(O)C(=O)c1cc(C)c(OC)c(C)c1. The average Bonchev–Trinajstić information content (AvgIpc) is 2.27. The Morgan fingerprint density at radius 2 is 1.94 bits per heavy atom. The van der Waals surface area contributed by atoms with Gasteiger partial charge in [-0.25, -0.2) is 0 Å². The number of aliphatic hydroxyl groups is 1. The molecule has 0 aliphatic heterocycles. The summed E-state index contributed by atoms with van der Waals surface area (Å²) < 4.78 is 5.23. The van der Waals surface area contributed by atoms with Gasteiger partial charge in [0.2, 0.25) is 0 Å². The van der Waals surface area contributed by atoms with E-state index in [4.69, 9.17) is 4.74 Å². The van der Waals surface area contributed by atoms with Gasteiger partial charge < -0.3 is 15.2 Å². The highest BCUT2D eigenvalue weighted by Crippen LogP contribution is 2.24. The Kier molecular flexibility index (Phi) is 4.66. The van der Waals surface area contributed by atoms with Crippen LogP contribution in [0.3, 0.4) is 0 Å². The van der Waals surface area contributed by atoms with Gasteiger partial charge >= 0.3 is 0 Å². The van der Waals surface area contributed by atoms with Gasteiger partial charge in [-0.2, -0.15) is 0 Å². The van der Waals surface area contributed by atoms with Crippen molar-refractivity contribution in [1.82, 2.24) is 5.32 Å². The summed E-state index contributed by atoms with van der Waals surface area (Å²) in [5, 5.41) is 12.4. The molecule has 94 valence electrons. The molecule has 0 aliphatic carbocycles. The van der Waals surface area contributed by atoms with E-state index in [1.165, 1.54) is 0 Å². The molecule has 1 atom stereocenters. The zero-order chi connectivity index (χ0) is 13.0. The van der Waals surface area contributed by atoms with Crippen LogP contribution in [-0.2, 0) is 0 Å². The van der Waals surface area contributed by atoms with E-state index in [1.807, 2.05) is 13.8 Å². The fraction of sp³-hybridized carbons (Fsp3) is 0.462. The van der Waals surface area contributed by atoms with E-state index in [2.05, 4.69) is 5.32 Å². The monoisotopic (exact) mass is 237 g/mol. The third-order valence-electron chi connectivity index (χ3n) is 2.65. The summed E-state index contributed by atoms with van der Waals surface area (Å²) in [6.45, 7) is 4.02. The maximum atomic E-state index is 11.9. The summed E-state index contributed by atoms with van der Waals surface area (Å²) in [5.41, 5.74) is 2.31. The van der Waals surface area contributed by atoms with Crippen LogP contribution in [0.15, 0.2) is 12.1 Å². The van der Waals surface area contributed by atoms with Crippen LogP contribution >= 0.6 is 0 Å². The first-order chi connectivity index (χ1) is 8.01. The first kappa shape index (κ1) is 13.7. The van der Waals surface area contributed by atoms with E-state index in [0.29, 0.717) is 5.56 Å². The highest BCUT2D eigenvalue weighted by Gasteiger charge is 2.18. The van der Waals surface area contributed by atoms with Crippen molar-refractivity contribution in [2.75, 3.05) is 20.7 Å². The number of hydrogen-bond donors (Lipinski definition) is 2. The van der Waals surface area contributed by atoms with Gasteiger partial charge in [-0.05, 0) is 44.2 Å². The number of aliphatic hydroxyl groups excluding tert-OH is 1. The van der Waals surface area contributed by atoms with Crippen LogP contribution in [0.25, 0.3) is 0 Å². The topological polar surface area (TPSA) is 58.6 Å². The molecule has 0 saturated heterocycles. The van der Waals surface area contributed by atoms with Crippen molar-refractivity contribution < 1.29 is 14.6 Å². The third kappa shape index (κ3) is 3.05. The normalized spacial score (nSPS) is 12.3. The second-order valence-electron chi connectivity index (χ2n) is 4.08. The van der Waals surface area contributed by atoms with Crippen molar-refractivity contribution in [2.24, 2.45) is 0 Å². The van der Waals surface area contributed by atoms with Crippen LogP contribution < -0.4 is 10.1 Å². The van der Waals surface area contributed by atoms with Crippen LogP contribution in [0, 0.1) is 13.8 Å². The van der Waals surface area contributed by atoms with Gasteiger partial charge in [-0.3, -0.25) is 4.79 Å². The van der Waals surface area contributed by atoms with E-state index in [1.54, 1.807) is 26.3 Å². The molecule has 1 aromatic rings. The van der Waals surface area contributed by atoms with E-state index in [9.17, 15) is 9.90 Å². The Balaban J connectivity index is 3.04. The number of methoxy groups -OCH3 is 1. The van der Waals surface area contributed by atoms with Crippen LogP contribution in [0.5, 0.6) is 5.75 Å². The predicted octanol–water partition coefficient (Wildman–Crippen LogP) is 1.08. The minimum absolute atomic E-state index is 0.253. The highest BCUT2D eigenvalue weighted by molar-refractivity contribution is 6.00. The number of ketones is 1. The van der Waals surface area contributed by atoms with Crippen molar-refractivity contribution >= 4 is 5.78 Å². The molecule has 17 heavy (non-hydrogen) atoms. The second kappa shape index (κ2) is 5.80. The summed E-state index contributed by atoms with van der Waals surface area (Å²) in [6, 6.07) is 3.49. The summed E-state index contributed by atoms with van der Waals surface area (Å²) >= 11 is 0. The molecule has 0 fully saturated rings. The van der Waals surface area contributed by atoms with E-state index in [0.717, 1.165) is 16.9 Å². The molecule has 1 rings (SSSR count). The minimum Gasteiger partial charge on any atom is -0.496 e. The lowest BCUT2D eigenvalue weighted by Crippen LogP contribution is -2.31. The van der Waals surface area contributed by atoms with Crippen molar-refractivity contribution in [2.45, 2.75) is 20.0 Å². The Labute approximate surface area is 102 Å². The zero-order valence-corrected chi connectivity index (χ0v) is 10.7. The predicted molar refractivity (Wildman–Crippen MR) is 66.7 cm³/mol. The number of nitrogens with one attached hydrogen (secondary N) is 1. The molecular formula is C13H19NO3. The van der Waals surface area contributed by atoms with Gasteiger partial charge in [0.1, 0.15) is 11.9 Å². The third-order valence-corrected chi connectivity index (χ3v) is 2.65. The fourth-order valence-electron chi connectivity index (χ4n) is 1.89. The number of Topliss-reactive ketones (excluding diaryl/α,β-unsaturated/α-hetero) is 1. The average molecular weight is 237 g/mol. The molecule has 2 N–H and O–H groups in total. The molecular weight excluding hydrogens is 218 g/mol. The number of carbonyl (C=O) groups is 1. The molecule has 4 heteroatoms. The van der Waals surface area contributed by atoms with Gasteiger partial charge in [0.25, 0.3) is 0 Å². The quantitative estimate of drug-likeness (QED) is 0.752. The molecule has 0 heterocycles. The lowest BCUT2D eigenvalue weighted by molar-refractivity contribution is 0.0750. The van der Waals surface area contributed by atoms with Gasteiger partial charge in [-0.15, -0.1) is 0 Å². The molecule has 1 unspecified atom stereocenters. The van der Waals surface area contributed by atoms with Crippen molar-refractivity contribution in [1.29, 1.82) is 0 Å². The second-order valence-corrected chi connectivity index (χ2v) is 4.08. The molecule has 0 radical (unpaired) electrons. The standard InChI is InChI=1S/C13H19NO3/c1-8-5-10(6-9(2)13(8)17-4)12(16)11(15)7-14-3/h5-6,11,14-15H,7H2,1-4H3. The zero-order valence-electron chi connectivity index (χ0n) is 10.7. The summed E-state index contributed by atoms with van der Waals surface area (Å²) in [7, 11) is 3.30. The van der Waals surface area contributed by atoms with Crippen LogP contribution in [-0.4, -0.2) is 37.7 Å². The van der Waals surface area contributed by atoms with Gasteiger partial charge in [-0.1, -0.05) is 0 Å². The summed E-state index contributed by atoms with van der Waals surface area (Å²) in [4.78, 5) is 11.9. The number of rotatable bonds is 5. The molecule has 0 spiro atoms. The Hall–Kier alpha value is -1.39. The molecule has 0 saturated carbocycles. The van der Waals surface area contributed by atoms with Crippen LogP contribution in [0.1, 0.15) is 21.5 Å². The van der Waals surface area contributed by atoms with Gasteiger partial charge in [0, 0.05) is 12.1 Å². The summed E-state index contributed by atoms with van der Waals surface area (Å²) in [5.74, 6) is 0.512. The highest BCUT2D eigenvalue weighted by atomic mass is 16.5. The minimum atomic E-state index is -1.01. The molecule has 0 bridgehead atoms. The Morgan fingerprint density at radius 3 is 2.35 bits per heavy atom. The molecule has 0 amide bonds. The Bertz CT molecular complexity index is 392. The lowest BCUT2D eigenvalue weighted by Gasteiger charge is -2.13. The lowest BCUT2D eigenvalue weighted by atomic mass is 10.00. The van der Waals surface area contributed by atoms with Crippen molar-refractivity contribution in [3.63, 3.8) is 0 Å². The first-order valence-corrected chi connectivity index (χ1v) is 5.53.